The summed E-state index contributed by atoms with van der Waals surface area (Å²) in [6.45, 7) is 1.93. The molecule has 0 spiro atoms. The molecule has 0 atom stereocenters. The largest absolute Gasteiger partial charge is 0.490 e. The van der Waals surface area contributed by atoms with E-state index < -0.39 is 5.91 Å². The lowest BCUT2D eigenvalue weighted by molar-refractivity contribution is 0.100. The van der Waals surface area contributed by atoms with Gasteiger partial charge in [0.1, 0.15) is 11.9 Å². The average molecular weight is 347 g/mol. The fraction of sp³-hybridized carbons (Fsp3) is 0.238. The lowest BCUT2D eigenvalue weighted by atomic mass is 9.96. The Kier molecular flexibility index (Phi) is 4.54. The molecule has 1 saturated heterocycles. The summed E-state index contributed by atoms with van der Waals surface area (Å²) in [6, 6.07) is 13.4. The predicted octanol–water partition coefficient (Wildman–Crippen LogP) is 3.13. The molecule has 5 heteroatoms. The van der Waals surface area contributed by atoms with Gasteiger partial charge in [-0.25, -0.2) is 0 Å². The number of hydrogen-bond donors (Lipinski definition) is 2. The Morgan fingerprint density at radius 3 is 2.81 bits per heavy atom. The Hall–Kier alpha value is -2.92. The number of fused-ring (bicyclic) bond motifs is 1. The molecule has 26 heavy (non-hydrogen) atoms. The van der Waals surface area contributed by atoms with E-state index in [0.717, 1.165) is 53.6 Å². The number of pyridine rings is 1. The van der Waals surface area contributed by atoms with Crippen LogP contribution in [0.2, 0.25) is 0 Å². The van der Waals surface area contributed by atoms with Crippen LogP contribution in [0.15, 0.2) is 54.9 Å². The SMILES string of the molecule is NC(=O)c1cccc(-c2c(OC3CCNCC3)ccc3cnccc23)c1. The Morgan fingerprint density at radius 1 is 1.15 bits per heavy atom. The van der Waals surface area contributed by atoms with Crippen LogP contribution in [0.25, 0.3) is 21.9 Å². The van der Waals surface area contributed by atoms with Crippen molar-refractivity contribution in [2.24, 2.45) is 5.73 Å². The predicted molar refractivity (Wildman–Crippen MR) is 102 cm³/mol. The lowest BCUT2D eigenvalue weighted by Crippen LogP contribution is -2.34. The second-order valence-electron chi connectivity index (χ2n) is 6.55. The Bertz CT molecular complexity index is 949. The van der Waals surface area contributed by atoms with Crippen molar-refractivity contribution < 1.29 is 9.53 Å². The fourth-order valence-corrected chi connectivity index (χ4v) is 3.47. The van der Waals surface area contributed by atoms with Gasteiger partial charge in [-0.1, -0.05) is 12.1 Å². The minimum atomic E-state index is -0.436. The molecule has 132 valence electrons. The number of nitrogens with zero attached hydrogens (tertiary/aromatic N) is 1. The molecular formula is C21H21N3O2. The third kappa shape index (κ3) is 3.26. The summed E-state index contributed by atoms with van der Waals surface area (Å²) in [7, 11) is 0. The molecule has 5 nitrogen and oxygen atoms in total. The number of nitrogens with two attached hydrogens (primary N) is 1. The van der Waals surface area contributed by atoms with Crippen LogP contribution >= 0.6 is 0 Å². The standard InChI is InChI=1S/C21H21N3O2/c22-21(25)15-3-1-2-14(12-15)20-18-8-11-24-13-16(18)4-5-19(20)26-17-6-9-23-10-7-17/h1-5,8,11-13,17,23H,6-7,9-10H2,(H2,22,25). The van der Waals surface area contributed by atoms with Gasteiger partial charge in [-0.15, -0.1) is 0 Å². The topological polar surface area (TPSA) is 77.2 Å². The number of benzene rings is 2. The van der Waals surface area contributed by atoms with Crippen LogP contribution in [0.1, 0.15) is 23.2 Å². The number of rotatable bonds is 4. The Morgan fingerprint density at radius 2 is 2.00 bits per heavy atom. The lowest BCUT2D eigenvalue weighted by Gasteiger charge is -2.25. The molecule has 0 aliphatic carbocycles. The summed E-state index contributed by atoms with van der Waals surface area (Å²) in [5, 5.41) is 5.44. The van der Waals surface area contributed by atoms with Gasteiger partial charge in [-0.05, 0) is 67.2 Å². The molecule has 0 radical (unpaired) electrons. The van der Waals surface area contributed by atoms with Crippen LogP contribution in [0.4, 0.5) is 0 Å². The number of ether oxygens (including phenoxy) is 1. The zero-order chi connectivity index (χ0) is 17.9. The van der Waals surface area contributed by atoms with Gasteiger partial charge in [-0.2, -0.15) is 0 Å². The molecular weight excluding hydrogens is 326 g/mol. The average Bonchev–Trinajstić information content (AvgIpc) is 2.68. The van der Waals surface area contributed by atoms with Gasteiger partial charge in [0.25, 0.3) is 0 Å². The van der Waals surface area contributed by atoms with Gasteiger partial charge in [0.2, 0.25) is 5.91 Å². The van der Waals surface area contributed by atoms with Gasteiger partial charge in [-0.3, -0.25) is 9.78 Å². The molecule has 1 aliphatic heterocycles. The molecule has 3 N–H and O–H groups in total. The summed E-state index contributed by atoms with van der Waals surface area (Å²) in [6.07, 6.45) is 5.77. The van der Waals surface area contributed by atoms with Crippen LogP contribution < -0.4 is 15.8 Å². The highest BCUT2D eigenvalue weighted by atomic mass is 16.5. The van der Waals surface area contributed by atoms with Crippen LogP contribution in [-0.2, 0) is 0 Å². The van der Waals surface area contributed by atoms with Gasteiger partial charge >= 0.3 is 0 Å². The van der Waals surface area contributed by atoms with E-state index >= 15 is 0 Å². The molecule has 1 aliphatic rings. The van der Waals surface area contributed by atoms with Crippen LogP contribution in [0, 0.1) is 0 Å². The van der Waals surface area contributed by atoms with Crippen molar-refractivity contribution in [2.45, 2.75) is 18.9 Å². The van der Waals surface area contributed by atoms with Gasteiger partial charge in [0.15, 0.2) is 0 Å². The first-order valence-electron chi connectivity index (χ1n) is 8.87. The summed E-state index contributed by atoms with van der Waals surface area (Å²) < 4.78 is 6.37. The van der Waals surface area contributed by atoms with Crippen molar-refractivity contribution in [3.8, 4) is 16.9 Å². The number of carbonyl (C=O) groups excluding carboxylic acids is 1. The molecule has 1 aromatic heterocycles. The normalized spacial score (nSPS) is 15.1. The molecule has 1 amide bonds. The number of primary amides is 1. The van der Waals surface area contributed by atoms with E-state index in [0.29, 0.717) is 5.56 Å². The molecule has 2 aromatic carbocycles. The van der Waals surface area contributed by atoms with Gasteiger partial charge in [0.05, 0.1) is 0 Å². The first kappa shape index (κ1) is 16.5. The van der Waals surface area contributed by atoms with Crippen molar-refractivity contribution in [1.29, 1.82) is 0 Å². The maximum Gasteiger partial charge on any atom is 0.248 e. The van der Waals surface area contributed by atoms with Crippen molar-refractivity contribution in [3.05, 3.63) is 60.4 Å². The molecule has 4 rings (SSSR count). The van der Waals surface area contributed by atoms with Crippen LogP contribution in [0.3, 0.4) is 0 Å². The molecule has 1 fully saturated rings. The Balaban J connectivity index is 1.85. The summed E-state index contributed by atoms with van der Waals surface area (Å²) in [4.78, 5) is 15.8. The Labute approximate surface area is 152 Å². The zero-order valence-corrected chi connectivity index (χ0v) is 14.4. The van der Waals surface area contributed by atoms with Crippen molar-refractivity contribution in [1.82, 2.24) is 10.3 Å². The van der Waals surface area contributed by atoms with Gasteiger partial charge in [0, 0.05) is 28.9 Å². The van der Waals surface area contributed by atoms with Crippen molar-refractivity contribution >= 4 is 16.7 Å². The number of hydrogen-bond acceptors (Lipinski definition) is 4. The van der Waals surface area contributed by atoms with Crippen molar-refractivity contribution in [2.75, 3.05) is 13.1 Å². The molecule has 2 heterocycles. The summed E-state index contributed by atoms with van der Waals surface area (Å²) in [5.41, 5.74) is 7.86. The first-order chi connectivity index (χ1) is 12.7. The number of piperidine rings is 1. The maximum absolute atomic E-state index is 11.6. The minimum Gasteiger partial charge on any atom is -0.490 e. The smallest absolute Gasteiger partial charge is 0.248 e. The van der Waals surface area contributed by atoms with E-state index in [2.05, 4.69) is 10.3 Å². The van der Waals surface area contributed by atoms with E-state index in [4.69, 9.17) is 10.5 Å². The molecule has 0 unspecified atom stereocenters. The second kappa shape index (κ2) is 7.14. The van der Waals surface area contributed by atoms with E-state index in [1.165, 1.54) is 0 Å². The molecule has 0 bridgehead atoms. The third-order valence-electron chi connectivity index (χ3n) is 4.80. The number of carbonyl (C=O) groups is 1. The zero-order valence-electron chi connectivity index (χ0n) is 14.4. The van der Waals surface area contributed by atoms with E-state index in [9.17, 15) is 4.79 Å². The van der Waals surface area contributed by atoms with E-state index in [1.807, 2.05) is 42.6 Å². The van der Waals surface area contributed by atoms with Crippen molar-refractivity contribution in [3.63, 3.8) is 0 Å². The number of amides is 1. The van der Waals surface area contributed by atoms with E-state index in [1.54, 1.807) is 12.3 Å². The first-order valence-corrected chi connectivity index (χ1v) is 8.87. The van der Waals surface area contributed by atoms with Crippen LogP contribution in [-0.4, -0.2) is 30.1 Å². The van der Waals surface area contributed by atoms with Crippen LogP contribution in [0.5, 0.6) is 5.75 Å². The number of aromatic nitrogens is 1. The highest BCUT2D eigenvalue weighted by Gasteiger charge is 2.19. The monoisotopic (exact) mass is 347 g/mol. The quantitative estimate of drug-likeness (QED) is 0.760. The highest BCUT2D eigenvalue weighted by Crippen LogP contribution is 2.38. The van der Waals surface area contributed by atoms with Gasteiger partial charge < -0.3 is 15.8 Å². The highest BCUT2D eigenvalue weighted by molar-refractivity contribution is 6.01. The summed E-state index contributed by atoms with van der Waals surface area (Å²) in [5.74, 6) is 0.395. The maximum atomic E-state index is 11.6. The number of nitrogens with one attached hydrogen (secondary N) is 1. The summed E-state index contributed by atoms with van der Waals surface area (Å²) >= 11 is 0. The second-order valence-corrected chi connectivity index (χ2v) is 6.55. The molecule has 0 saturated carbocycles. The molecule has 3 aromatic rings. The van der Waals surface area contributed by atoms with E-state index in [-0.39, 0.29) is 6.10 Å². The fourth-order valence-electron chi connectivity index (χ4n) is 3.47. The third-order valence-corrected chi connectivity index (χ3v) is 4.80. The minimum absolute atomic E-state index is 0.189.